The lowest BCUT2D eigenvalue weighted by molar-refractivity contribution is 0.0505. The molecule has 0 fully saturated rings. The number of anilines is 1. The molecule has 4 nitrogen and oxygen atoms in total. The quantitative estimate of drug-likeness (QED) is 0.837. The second-order valence-corrected chi connectivity index (χ2v) is 5.50. The van der Waals surface area contributed by atoms with E-state index >= 15 is 0 Å². The Hall–Kier alpha value is -1.07. The molecule has 2 N–H and O–H groups in total. The number of likely N-dealkylation sites (N-methyl/N-ethyl adjacent to an activating group) is 1. The Balaban J connectivity index is 2.25. The number of nitrogen functional groups attached to an aromatic ring is 1. The van der Waals surface area contributed by atoms with Gasteiger partial charge in [-0.15, -0.1) is 11.3 Å². The normalized spacial score (nSPS) is 15.6. The summed E-state index contributed by atoms with van der Waals surface area (Å²) in [5.41, 5.74) is 7.66. The Labute approximate surface area is 105 Å². The van der Waals surface area contributed by atoms with E-state index in [1.165, 1.54) is 16.2 Å². The van der Waals surface area contributed by atoms with Crippen molar-refractivity contribution in [1.82, 2.24) is 4.90 Å². The van der Waals surface area contributed by atoms with Crippen LogP contribution in [0.4, 0.5) is 5.00 Å². The summed E-state index contributed by atoms with van der Waals surface area (Å²) in [7, 11) is 2.08. The summed E-state index contributed by atoms with van der Waals surface area (Å²) < 4.78 is 5.18. The van der Waals surface area contributed by atoms with Gasteiger partial charge in [-0.05, 0) is 25.5 Å². The number of hydrogen-bond acceptors (Lipinski definition) is 5. The number of esters is 1. The highest BCUT2D eigenvalue weighted by Crippen LogP contribution is 2.35. The maximum Gasteiger partial charge on any atom is 0.341 e. The molecule has 2 heterocycles. The Bertz CT molecular complexity index is 428. The SMILES string of the molecule is CCCOC(=O)c1c(N)sc2c1CCN(C)C2. The summed E-state index contributed by atoms with van der Waals surface area (Å²) in [6, 6.07) is 0. The first-order valence-electron chi connectivity index (χ1n) is 5.89. The second kappa shape index (κ2) is 5.06. The van der Waals surface area contributed by atoms with E-state index in [1.807, 2.05) is 6.92 Å². The molecule has 0 saturated heterocycles. The smallest absolute Gasteiger partial charge is 0.341 e. The van der Waals surface area contributed by atoms with Gasteiger partial charge in [-0.1, -0.05) is 6.92 Å². The van der Waals surface area contributed by atoms with Crippen LogP contribution >= 0.6 is 11.3 Å². The van der Waals surface area contributed by atoms with Gasteiger partial charge in [-0.3, -0.25) is 0 Å². The first-order chi connectivity index (χ1) is 8.13. The summed E-state index contributed by atoms with van der Waals surface area (Å²) in [4.78, 5) is 15.4. The predicted octanol–water partition coefficient (Wildman–Crippen LogP) is 1.89. The summed E-state index contributed by atoms with van der Waals surface area (Å²) in [5, 5.41) is 0.603. The van der Waals surface area contributed by atoms with Gasteiger partial charge in [-0.25, -0.2) is 4.79 Å². The molecular weight excluding hydrogens is 236 g/mol. The highest BCUT2D eigenvalue weighted by atomic mass is 32.1. The van der Waals surface area contributed by atoms with Gasteiger partial charge in [0.05, 0.1) is 12.2 Å². The van der Waals surface area contributed by atoms with Crippen LogP contribution in [-0.2, 0) is 17.7 Å². The van der Waals surface area contributed by atoms with Gasteiger partial charge in [-0.2, -0.15) is 0 Å². The Morgan fingerprint density at radius 1 is 1.59 bits per heavy atom. The van der Waals surface area contributed by atoms with E-state index in [2.05, 4.69) is 11.9 Å². The third-order valence-corrected chi connectivity index (χ3v) is 3.96. The van der Waals surface area contributed by atoms with Crippen molar-refractivity contribution in [3.8, 4) is 0 Å². The number of carbonyl (C=O) groups is 1. The van der Waals surface area contributed by atoms with Gasteiger partial charge in [0.25, 0.3) is 0 Å². The summed E-state index contributed by atoms with van der Waals surface area (Å²) >= 11 is 1.52. The van der Waals surface area contributed by atoms with Crippen molar-refractivity contribution in [3.05, 3.63) is 16.0 Å². The fraction of sp³-hybridized carbons (Fsp3) is 0.583. The Kier molecular flexibility index (Phi) is 3.69. The van der Waals surface area contributed by atoms with E-state index in [4.69, 9.17) is 10.5 Å². The van der Waals surface area contributed by atoms with Gasteiger partial charge in [0.1, 0.15) is 5.00 Å². The third-order valence-electron chi connectivity index (χ3n) is 2.92. The molecule has 0 amide bonds. The maximum absolute atomic E-state index is 11.9. The first-order valence-corrected chi connectivity index (χ1v) is 6.70. The van der Waals surface area contributed by atoms with Gasteiger partial charge in [0, 0.05) is 18.0 Å². The molecule has 17 heavy (non-hydrogen) atoms. The number of hydrogen-bond donors (Lipinski definition) is 1. The first kappa shape index (κ1) is 12.4. The van der Waals surface area contributed by atoms with Gasteiger partial charge < -0.3 is 15.4 Å². The van der Waals surface area contributed by atoms with Crippen LogP contribution in [-0.4, -0.2) is 31.1 Å². The molecule has 1 aliphatic rings. The molecule has 0 unspecified atom stereocenters. The van der Waals surface area contributed by atoms with Crippen molar-refractivity contribution in [2.24, 2.45) is 0 Å². The van der Waals surface area contributed by atoms with Crippen LogP contribution < -0.4 is 5.73 Å². The number of carbonyl (C=O) groups excluding carboxylic acids is 1. The average molecular weight is 254 g/mol. The zero-order valence-electron chi connectivity index (χ0n) is 10.3. The van der Waals surface area contributed by atoms with Crippen molar-refractivity contribution in [3.63, 3.8) is 0 Å². The molecule has 0 aliphatic carbocycles. The van der Waals surface area contributed by atoms with E-state index in [0.29, 0.717) is 17.2 Å². The van der Waals surface area contributed by atoms with E-state index in [-0.39, 0.29) is 5.97 Å². The average Bonchev–Trinajstić information content (AvgIpc) is 2.61. The summed E-state index contributed by atoms with van der Waals surface area (Å²) in [5.74, 6) is -0.258. The molecule has 0 saturated carbocycles. The van der Waals surface area contributed by atoms with Crippen molar-refractivity contribution in [2.45, 2.75) is 26.3 Å². The van der Waals surface area contributed by atoms with Crippen LogP contribution in [0.25, 0.3) is 0 Å². The molecular formula is C12H18N2O2S. The molecule has 1 aliphatic heterocycles. The number of nitrogens with two attached hydrogens (primary N) is 1. The van der Waals surface area contributed by atoms with Gasteiger partial charge in [0.15, 0.2) is 0 Å². The summed E-state index contributed by atoms with van der Waals surface area (Å²) in [6.45, 7) is 4.29. The van der Waals surface area contributed by atoms with Crippen molar-refractivity contribution < 1.29 is 9.53 Å². The molecule has 0 bridgehead atoms. The number of thiophene rings is 1. The van der Waals surface area contributed by atoms with Crippen molar-refractivity contribution in [2.75, 3.05) is 25.9 Å². The zero-order chi connectivity index (χ0) is 12.4. The largest absolute Gasteiger partial charge is 0.462 e. The zero-order valence-corrected chi connectivity index (χ0v) is 11.1. The molecule has 0 radical (unpaired) electrons. The minimum Gasteiger partial charge on any atom is -0.462 e. The van der Waals surface area contributed by atoms with E-state index in [9.17, 15) is 4.79 Å². The van der Waals surface area contributed by atoms with Crippen LogP contribution in [0.5, 0.6) is 0 Å². The number of rotatable bonds is 3. The van der Waals surface area contributed by atoms with Gasteiger partial charge in [0.2, 0.25) is 0 Å². The van der Waals surface area contributed by atoms with Crippen LogP contribution in [0.2, 0.25) is 0 Å². The molecule has 94 valence electrons. The topological polar surface area (TPSA) is 55.6 Å². The number of nitrogens with zero attached hydrogens (tertiary/aromatic N) is 1. The molecule has 1 aromatic heterocycles. The third kappa shape index (κ3) is 2.45. The second-order valence-electron chi connectivity index (χ2n) is 4.37. The summed E-state index contributed by atoms with van der Waals surface area (Å²) in [6.07, 6.45) is 1.72. The van der Waals surface area contributed by atoms with Crippen LogP contribution in [0.1, 0.15) is 34.1 Å². The van der Waals surface area contributed by atoms with E-state index < -0.39 is 0 Å². The fourth-order valence-corrected chi connectivity index (χ4v) is 3.23. The Morgan fingerprint density at radius 2 is 2.35 bits per heavy atom. The molecule has 2 rings (SSSR count). The lowest BCUT2D eigenvalue weighted by atomic mass is 10.0. The Morgan fingerprint density at radius 3 is 3.06 bits per heavy atom. The monoisotopic (exact) mass is 254 g/mol. The van der Waals surface area contributed by atoms with Gasteiger partial charge >= 0.3 is 5.97 Å². The van der Waals surface area contributed by atoms with Crippen LogP contribution in [0.3, 0.4) is 0 Å². The standard InChI is InChI=1S/C12H18N2O2S/c1-3-6-16-12(15)10-8-4-5-14(2)7-9(8)17-11(10)13/h3-7,13H2,1-2H3. The molecule has 1 aromatic rings. The molecule has 0 atom stereocenters. The number of ether oxygens (including phenoxy) is 1. The number of fused-ring (bicyclic) bond motifs is 1. The lowest BCUT2D eigenvalue weighted by Gasteiger charge is -2.22. The van der Waals surface area contributed by atoms with Crippen LogP contribution in [0, 0.1) is 0 Å². The molecule has 0 spiro atoms. The van der Waals surface area contributed by atoms with Crippen molar-refractivity contribution >= 4 is 22.3 Å². The maximum atomic E-state index is 11.9. The highest BCUT2D eigenvalue weighted by Gasteiger charge is 2.26. The lowest BCUT2D eigenvalue weighted by Crippen LogP contribution is -2.26. The minimum atomic E-state index is -0.258. The van der Waals surface area contributed by atoms with E-state index in [0.717, 1.165) is 31.5 Å². The highest BCUT2D eigenvalue weighted by molar-refractivity contribution is 7.16. The van der Waals surface area contributed by atoms with Crippen molar-refractivity contribution in [1.29, 1.82) is 0 Å². The fourth-order valence-electron chi connectivity index (χ4n) is 2.04. The molecule has 5 heteroatoms. The minimum absolute atomic E-state index is 0.258. The van der Waals surface area contributed by atoms with Crippen LogP contribution in [0.15, 0.2) is 0 Å². The molecule has 0 aromatic carbocycles. The van der Waals surface area contributed by atoms with E-state index in [1.54, 1.807) is 0 Å². The predicted molar refractivity (Wildman–Crippen MR) is 69.3 cm³/mol.